The van der Waals surface area contributed by atoms with E-state index in [-0.39, 0.29) is 12.5 Å². The van der Waals surface area contributed by atoms with Crippen LogP contribution in [0.3, 0.4) is 0 Å². The average molecular weight is 354 g/mol. The molecule has 1 heterocycles. The second-order valence-corrected chi connectivity index (χ2v) is 6.27. The molecule has 2 aromatic carbocycles. The van der Waals surface area contributed by atoms with E-state index in [1.807, 2.05) is 48.5 Å². The van der Waals surface area contributed by atoms with Crippen molar-refractivity contribution in [1.29, 1.82) is 0 Å². The van der Waals surface area contributed by atoms with Gasteiger partial charge in [0, 0.05) is 31.0 Å². The summed E-state index contributed by atoms with van der Waals surface area (Å²) in [5.74, 6) is -1.03. The fraction of sp³-hybridized carbons (Fsp3) is 0.263. The molecule has 0 aliphatic carbocycles. The lowest BCUT2D eigenvalue weighted by Gasteiger charge is -2.19. The van der Waals surface area contributed by atoms with Crippen molar-refractivity contribution in [3.8, 4) is 0 Å². The summed E-state index contributed by atoms with van der Waals surface area (Å²) in [7, 11) is 0. The molecule has 7 nitrogen and oxygen atoms in total. The number of carboxylic acids is 1. The molecule has 1 atom stereocenters. The first-order valence-electron chi connectivity index (χ1n) is 8.45. The third kappa shape index (κ3) is 3.68. The van der Waals surface area contributed by atoms with Crippen LogP contribution in [0.4, 0.5) is 16.2 Å². The van der Waals surface area contributed by atoms with Gasteiger partial charge in [-0.05, 0) is 41.8 Å². The summed E-state index contributed by atoms with van der Waals surface area (Å²) < 4.78 is 0. The molecule has 26 heavy (non-hydrogen) atoms. The lowest BCUT2D eigenvalue weighted by atomic mass is 10.1. The van der Waals surface area contributed by atoms with Gasteiger partial charge in [0.25, 0.3) is 0 Å². The Morgan fingerprint density at radius 1 is 0.962 bits per heavy atom. The molecular formula is C19H22N4O3. The van der Waals surface area contributed by atoms with Crippen molar-refractivity contribution >= 4 is 23.4 Å². The van der Waals surface area contributed by atoms with Crippen LogP contribution in [0.5, 0.6) is 0 Å². The van der Waals surface area contributed by atoms with Gasteiger partial charge in [-0.3, -0.25) is 14.6 Å². The zero-order valence-electron chi connectivity index (χ0n) is 14.3. The minimum atomic E-state index is -1.03. The molecule has 7 heteroatoms. The van der Waals surface area contributed by atoms with E-state index in [1.165, 1.54) is 0 Å². The Morgan fingerprint density at radius 3 is 1.85 bits per heavy atom. The zero-order chi connectivity index (χ0) is 18.7. The van der Waals surface area contributed by atoms with E-state index in [4.69, 9.17) is 16.6 Å². The number of carboxylic acid groups (broad SMARTS) is 1. The molecular weight excluding hydrogens is 332 g/mol. The molecule has 0 saturated carbocycles. The van der Waals surface area contributed by atoms with E-state index >= 15 is 0 Å². The van der Waals surface area contributed by atoms with Gasteiger partial charge in [0.05, 0.1) is 0 Å². The van der Waals surface area contributed by atoms with Crippen molar-refractivity contribution < 1.29 is 14.7 Å². The molecule has 2 amide bonds. The van der Waals surface area contributed by atoms with E-state index < -0.39 is 12.0 Å². The monoisotopic (exact) mass is 354 g/mol. The van der Waals surface area contributed by atoms with Crippen molar-refractivity contribution in [3.05, 3.63) is 59.7 Å². The lowest BCUT2D eigenvalue weighted by Crippen LogP contribution is -2.32. The SMILES string of the molecule is NCc1ccc(N2CCN(c3ccc(CC(N)C(=O)O)cc3)C2=O)cc1. The number of anilines is 2. The maximum absolute atomic E-state index is 12.7. The van der Waals surface area contributed by atoms with Gasteiger partial charge in [0.2, 0.25) is 0 Å². The van der Waals surface area contributed by atoms with Crippen molar-refractivity contribution in [2.24, 2.45) is 11.5 Å². The normalized spacial score (nSPS) is 15.4. The van der Waals surface area contributed by atoms with Crippen LogP contribution in [-0.4, -0.2) is 36.2 Å². The summed E-state index contributed by atoms with van der Waals surface area (Å²) in [6.45, 7) is 1.66. The highest BCUT2D eigenvalue weighted by Gasteiger charge is 2.30. The van der Waals surface area contributed by atoms with Gasteiger partial charge in [-0.1, -0.05) is 24.3 Å². The number of nitrogens with zero attached hydrogens (tertiary/aromatic N) is 2. The van der Waals surface area contributed by atoms with Crippen LogP contribution in [0.15, 0.2) is 48.5 Å². The molecule has 1 aliphatic heterocycles. The molecule has 1 fully saturated rings. The number of hydrogen-bond donors (Lipinski definition) is 3. The van der Waals surface area contributed by atoms with Crippen LogP contribution in [-0.2, 0) is 17.8 Å². The molecule has 0 bridgehead atoms. The summed E-state index contributed by atoms with van der Waals surface area (Å²) >= 11 is 0. The fourth-order valence-electron chi connectivity index (χ4n) is 2.98. The summed E-state index contributed by atoms with van der Waals surface area (Å²) in [4.78, 5) is 27.0. The largest absolute Gasteiger partial charge is 0.480 e. The van der Waals surface area contributed by atoms with Crippen molar-refractivity contribution in [1.82, 2.24) is 0 Å². The van der Waals surface area contributed by atoms with Crippen LogP contribution < -0.4 is 21.3 Å². The minimum Gasteiger partial charge on any atom is -0.480 e. The zero-order valence-corrected chi connectivity index (χ0v) is 14.3. The number of carbonyl (C=O) groups is 2. The highest BCUT2D eigenvalue weighted by Crippen LogP contribution is 2.25. The van der Waals surface area contributed by atoms with Gasteiger partial charge < -0.3 is 16.6 Å². The van der Waals surface area contributed by atoms with E-state index in [0.717, 1.165) is 22.5 Å². The van der Waals surface area contributed by atoms with Gasteiger partial charge in [0.15, 0.2) is 0 Å². The number of hydrogen-bond acceptors (Lipinski definition) is 4. The molecule has 0 aromatic heterocycles. The number of benzene rings is 2. The Balaban J connectivity index is 1.70. The van der Waals surface area contributed by atoms with E-state index in [1.54, 1.807) is 9.80 Å². The molecule has 1 unspecified atom stereocenters. The molecule has 3 rings (SSSR count). The first-order chi connectivity index (χ1) is 12.5. The van der Waals surface area contributed by atoms with Gasteiger partial charge in [-0.25, -0.2) is 4.79 Å². The molecule has 1 aliphatic rings. The minimum absolute atomic E-state index is 0.0829. The molecule has 136 valence electrons. The fourth-order valence-corrected chi connectivity index (χ4v) is 2.98. The van der Waals surface area contributed by atoms with E-state index in [9.17, 15) is 9.59 Å². The maximum atomic E-state index is 12.7. The number of nitrogens with two attached hydrogens (primary N) is 2. The van der Waals surface area contributed by atoms with Crippen molar-refractivity contribution in [3.63, 3.8) is 0 Å². The number of rotatable bonds is 6. The molecule has 2 aromatic rings. The van der Waals surface area contributed by atoms with E-state index in [0.29, 0.717) is 19.6 Å². The molecule has 1 saturated heterocycles. The standard InChI is InChI=1S/C19H22N4O3/c20-12-14-3-7-16(8-4-14)23-10-9-22(19(23)26)15-5-1-13(2-6-15)11-17(21)18(24)25/h1-8,17H,9-12,20-21H2,(H,24,25). The number of aliphatic carboxylic acids is 1. The highest BCUT2D eigenvalue weighted by molar-refractivity contribution is 6.06. The summed E-state index contributed by atoms with van der Waals surface area (Å²) in [5, 5.41) is 8.89. The first kappa shape index (κ1) is 17.9. The van der Waals surface area contributed by atoms with Gasteiger partial charge in [-0.15, -0.1) is 0 Å². The second-order valence-electron chi connectivity index (χ2n) is 6.27. The van der Waals surface area contributed by atoms with Crippen LogP contribution in [0, 0.1) is 0 Å². The van der Waals surface area contributed by atoms with Crippen molar-refractivity contribution in [2.45, 2.75) is 19.0 Å². The smallest absolute Gasteiger partial charge is 0.329 e. The Labute approximate surface area is 151 Å². The van der Waals surface area contributed by atoms with Crippen LogP contribution in [0.2, 0.25) is 0 Å². The Bertz CT molecular complexity index is 789. The highest BCUT2D eigenvalue weighted by atomic mass is 16.4. The summed E-state index contributed by atoms with van der Waals surface area (Å²) in [5.41, 5.74) is 14.6. The first-order valence-corrected chi connectivity index (χ1v) is 8.45. The lowest BCUT2D eigenvalue weighted by molar-refractivity contribution is -0.138. The topological polar surface area (TPSA) is 113 Å². The predicted octanol–water partition coefficient (Wildman–Crippen LogP) is 1.55. The molecule has 0 radical (unpaired) electrons. The Kier molecular flexibility index (Phi) is 5.20. The predicted molar refractivity (Wildman–Crippen MR) is 100 cm³/mol. The van der Waals surface area contributed by atoms with Crippen molar-refractivity contribution in [2.75, 3.05) is 22.9 Å². The third-order valence-electron chi connectivity index (χ3n) is 4.51. The molecule has 5 N–H and O–H groups in total. The van der Waals surface area contributed by atoms with E-state index in [2.05, 4.69) is 0 Å². The Hall–Kier alpha value is -2.90. The van der Waals surface area contributed by atoms with Gasteiger partial charge >= 0.3 is 12.0 Å². The average Bonchev–Trinajstić information content (AvgIpc) is 3.04. The van der Waals surface area contributed by atoms with Crippen LogP contribution >= 0.6 is 0 Å². The molecule has 0 spiro atoms. The maximum Gasteiger partial charge on any atom is 0.329 e. The third-order valence-corrected chi connectivity index (χ3v) is 4.51. The van der Waals surface area contributed by atoms with Crippen LogP contribution in [0.1, 0.15) is 11.1 Å². The Morgan fingerprint density at radius 2 is 1.42 bits per heavy atom. The number of urea groups is 1. The van der Waals surface area contributed by atoms with Gasteiger partial charge in [-0.2, -0.15) is 0 Å². The summed E-state index contributed by atoms with van der Waals surface area (Å²) in [6.07, 6.45) is 0.253. The quantitative estimate of drug-likeness (QED) is 0.728. The van der Waals surface area contributed by atoms with Crippen LogP contribution in [0.25, 0.3) is 0 Å². The second kappa shape index (κ2) is 7.55. The summed E-state index contributed by atoms with van der Waals surface area (Å²) in [6, 6.07) is 13.9. The van der Waals surface area contributed by atoms with Gasteiger partial charge in [0.1, 0.15) is 6.04 Å². The number of amides is 2. The number of carbonyl (C=O) groups excluding carboxylic acids is 1.